The van der Waals surface area contributed by atoms with Crippen molar-refractivity contribution in [2.24, 2.45) is 5.16 Å². The summed E-state index contributed by atoms with van der Waals surface area (Å²) >= 11 is 0. The number of ether oxygens (including phenoxy) is 1. The van der Waals surface area contributed by atoms with Crippen LogP contribution in [0, 0.1) is 5.82 Å². The third-order valence-electron chi connectivity index (χ3n) is 5.55. The van der Waals surface area contributed by atoms with Crippen molar-refractivity contribution in [1.82, 2.24) is 9.55 Å². The van der Waals surface area contributed by atoms with Crippen LogP contribution < -0.4 is 21.9 Å². The number of nitrogen functional groups attached to an aromatic ring is 1. The van der Waals surface area contributed by atoms with Gasteiger partial charge in [0.15, 0.2) is 5.69 Å². The summed E-state index contributed by atoms with van der Waals surface area (Å²) in [5.41, 5.74) is 6.23. The number of rotatable bonds is 8. The summed E-state index contributed by atoms with van der Waals surface area (Å²) in [4.78, 5) is 47.5. The molecule has 1 amide bonds. The van der Waals surface area contributed by atoms with Crippen molar-refractivity contribution in [3.63, 3.8) is 0 Å². The Bertz CT molecular complexity index is 1370. The Morgan fingerprint density at radius 1 is 1.26 bits per heavy atom. The summed E-state index contributed by atoms with van der Waals surface area (Å²) in [6.45, 7) is 0.155. The Morgan fingerprint density at radius 2 is 2.03 bits per heavy atom. The number of hydrogen-bond acceptors (Lipinski definition) is 7. The number of carbonyl (C=O) groups excluding carboxylic acids is 1. The minimum Gasteiger partial charge on any atom is -0.383 e. The predicted molar refractivity (Wildman–Crippen MR) is 128 cm³/mol. The van der Waals surface area contributed by atoms with E-state index in [1.165, 1.54) is 29.9 Å². The van der Waals surface area contributed by atoms with Gasteiger partial charge in [-0.1, -0.05) is 47.6 Å². The highest BCUT2D eigenvalue weighted by molar-refractivity contribution is 6.07. The fraction of sp³-hybridized carbons (Fsp3) is 0.250. The van der Waals surface area contributed by atoms with Crippen LogP contribution in [0.2, 0.25) is 0 Å². The molecule has 3 aromatic rings. The molecule has 0 spiro atoms. The first-order chi connectivity index (χ1) is 16.9. The zero-order valence-corrected chi connectivity index (χ0v) is 18.9. The second-order valence-corrected chi connectivity index (χ2v) is 7.89. The number of carbonyl (C=O) groups is 1. The van der Waals surface area contributed by atoms with E-state index in [0.29, 0.717) is 11.3 Å². The van der Waals surface area contributed by atoms with Crippen molar-refractivity contribution in [3.05, 3.63) is 92.4 Å². The first-order valence-corrected chi connectivity index (χ1v) is 10.8. The number of methoxy groups -OCH3 is 1. The third kappa shape index (κ3) is 5.14. The van der Waals surface area contributed by atoms with Crippen LogP contribution in [0.1, 0.15) is 17.5 Å². The number of aromatic nitrogens is 2. The molecule has 4 rings (SSSR count). The molecule has 0 bridgehead atoms. The Labute approximate surface area is 199 Å². The fourth-order valence-corrected chi connectivity index (χ4v) is 3.80. The molecular formula is C24H24FN5O5. The monoisotopic (exact) mass is 481 g/mol. The maximum Gasteiger partial charge on any atom is 0.330 e. The summed E-state index contributed by atoms with van der Waals surface area (Å²) in [5, 5.41) is 3.94. The molecule has 1 aliphatic heterocycles. The van der Waals surface area contributed by atoms with E-state index in [-0.39, 0.29) is 37.6 Å². The lowest BCUT2D eigenvalue weighted by Crippen LogP contribution is -2.46. The van der Waals surface area contributed by atoms with Crippen LogP contribution in [0.3, 0.4) is 0 Å². The van der Waals surface area contributed by atoms with Gasteiger partial charge in [-0.2, -0.15) is 0 Å². The van der Waals surface area contributed by atoms with Crippen LogP contribution in [0.25, 0.3) is 0 Å². The Kier molecular flexibility index (Phi) is 7.06. The average molecular weight is 481 g/mol. The number of nitrogens with zero attached hydrogens (tertiary/aromatic N) is 3. The zero-order chi connectivity index (χ0) is 24.9. The highest BCUT2D eigenvalue weighted by atomic mass is 19.1. The van der Waals surface area contributed by atoms with Crippen LogP contribution in [0.15, 0.2) is 69.3 Å². The first kappa shape index (κ1) is 23.9. The van der Waals surface area contributed by atoms with Gasteiger partial charge in [0.2, 0.25) is 6.10 Å². The van der Waals surface area contributed by atoms with Crippen LogP contribution in [0.4, 0.5) is 15.9 Å². The lowest BCUT2D eigenvalue weighted by Gasteiger charge is -2.25. The number of oxime groups is 1. The number of nitrogens with two attached hydrogens (primary N) is 1. The number of amides is 1. The fourth-order valence-electron chi connectivity index (χ4n) is 3.80. The van der Waals surface area contributed by atoms with E-state index >= 15 is 0 Å². The van der Waals surface area contributed by atoms with E-state index in [2.05, 4.69) is 10.1 Å². The zero-order valence-electron chi connectivity index (χ0n) is 18.9. The molecule has 0 saturated carbocycles. The van der Waals surface area contributed by atoms with E-state index in [0.717, 1.165) is 10.5 Å². The maximum absolute atomic E-state index is 13.6. The molecule has 0 aliphatic carbocycles. The van der Waals surface area contributed by atoms with Gasteiger partial charge in [0.1, 0.15) is 11.6 Å². The number of nitrogens with one attached hydrogen (secondary N) is 1. The molecule has 1 unspecified atom stereocenters. The topological polar surface area (TPSA) is 132 Å². The molecule has 0 fully saturated rings. The summed E-state index contributed by atoms with van der Waals surface area (Å²) in [5.74, 6) is -1.21. The van der Waals surface area contributed by atoms with Crippen molar-refractivity contribution in [3.8, 4) is 0 Å². The van der Waals surface area contributed by atoms with E-state index in [4.69, 9.17) is 15.3 Å². The van der Waals surface area contributed by atoms with Gasteiger partial charge in [-0.25, -0.2) is 9.18 Å². The van der Waals surface area contributed by atoms with E-state index < -0.39 is 29.1 Å². The maximum atomic E-state index is 13.6. The second-order valence-electron chi connectivity index (χ2n) is 7.89. The van der Waals surface area contributed by atoms with Gasteiger partial charge >= 0.3 is 5.69 Å². The highest BCUT2D eigenvalue weighted by Gasteiger charge is 2.35. The molecule has 11 heteroatoms. The van der Waals surface area contributed by atoms with Crippen LogP contribution in [-0.4, -0.2) is 47.5 Å². The quantitative estimate of drug-likeness (QED) is 0.501. The number of H-pyrrole nitrogens is 1. The Balaban J connectivity index is 1.66. The Morgan fingerprint density at radius 3 is 2.74 bits per heavy atom. The molecule has 2 heterocycles. The molecule has 1 aliphatic rings. The molecular weight excluding hydrogens is 457 g/mol. The van der Waals surface area contributed by atoms with E-state index in [1.807, 2.05) is 30.3 Å². The summed E-state index contributed by atoms with van der Waals surface area (Å²) in [7, 11) is 1.45. The van der Waals surface area contributed by atoms with Crippen LogP contribution in [-0.2, 0) is 20.9 Å². The summed E-state index contributed by atoms with van der Waals surface area (Å²) in [6, 6.07) is 14.8. The summed E-state index contributed by atoms with van der Waals surface area (Å²) < 4.78 is 19.9. The molecule has 3 N–H and O–H groups in total. The van der Waals surface area contributed by atoms with Crippen molar-refractivity contribution in [2.75, 3.05) is 30.9 Å². The molecule has 1 aromatic heterocycles. The minimum atomic E-state index is -1.07. The van der Waals surface area contributed by atoms with Crippen molar-refractivity contribution in [2.45, 2.75) is 19.1 Å². The standard InChI is InChI=1S/C24H24FN5O5/c1-34-11-10-29(23(32)19-13-18(28-35-19)16-8-5-9-17(25)12-16)20-21(26)30(24(33)27-22(20)31)14-15-6-3-2-4-7-15/h2-9,12,19H,10-11,13-14,26H2,1H3,(H,27,31,33). The molecule has 1 atom stereocenters. The molecule has 35 heavy (non-hydrogen) atoms. The molecule has 182 valence electrons. The Hall–Kier alpha value is -4.25. The van der Waals surface area contributed by atoms with Gasteiger partial charge in [0.05, 0.1) is 18.9 Å². The number of anilines is 2. The molecule has 0 radical (unpaired) electrons. The minimum absolute atomic E-state index is 0.0265. The lowest BCUT2D eigenvalue weighted by atomic mass is 10.0. The lowest BCUT2D eigenvalue weighted by molar-refractivity contribution is -0.128. The van der Waals surface area contributed by atoms with Crippen molar-refractivity contribution >= 4 is 23.1 Å². The summed E-state index contributed by atoms with van der Waals surface area (Å²) in [6.07, 6.45) is -1.01. The third-order valence-corrected chi connectivity index (χ3v) is 5.55. The van der Waals surface area contributed by atoms with Crippen LogP contribution >= 0.6 is 0 Å². The normalized spacial score (nSPS) is 14.9. The van der Waals surface area contributed by atoms with Gasteiger partial charge in [0.25, 0.3) is 11.5 Å². The number of benzene rings is 2. The van der Waals surface area contributed by atoms with Gasteiger partial charge in [-0.05, 0) is 17.7 Å². The van der Waals surface area contributed by atoms with Crippen molar-refractivity contribution < 1.29 is 18.8 Å². The number of aromatic amines is 1. The average Bonchev–Trinajstić information content (AvgIpc) is 3.34. The molecule has 2 aromatic carbocycles. The van der Waals surface area contributed by atoms with Gasteiger partial charge in [-0.15, -0.1) is 0 Å². The van der Waals surface area contributed by atoms with E-state index in [1.54, 1.807) is 6.07 Å². The number of hydrogen-bond donors (Lipinski definition) is 2. The predicted octanol–water partition coefficient (Wildman–Crippen LogP) is 1.48. The molecule has 0 saturated heterocycles. The molecule has 10 nitrogen and oxygen atoms in total. The van der Waals surface area contributed by atoms with Crippen molar-refractivity contribution in [1.29, 1.82) is 0 Å². The van der Waals surface area contributed by atoms with E-state index in [9.17, 15) is 18.8 Å². The SMILES string of the molecule is COCCN(C(=O)C1CC(c2cccc(F)c2)=NO1)c1c(N)n(Cc2ccccc2)c(=O)[nH]c1=O. The highest BCUT2D eigenvalue weighted by Crippen LogP contribution is 2.24. The largest absolute Gasteiger partial charge is 0.383 e. The smallest absolute Gasteiger partial charge is 0.330 e. The van der Waals surface area contributed by atoms with Crippen LogP contribution in [0.5, 0.6) is 0 Å². The van der Waals surface area contributed by atoms with Gasteiger partial charge < -0.3 is 15.3 Å². The second kappa shape index (κ2) is 10.3. The first-order valence-electron chi connectivity index (χ1n) is 10.8. The van der Waals surface area contributed by atoms with Gasteiger partial charge in [0, 0.05) is 25.6 Å². The van der Waals surface area contributed by atoms with Gasteiger partial charge in [-0.3, -0.25) is 24.0 Å². The number of halogens is 1.